The number of para-hydroxylation sites is 1. The summed E-state index contributed by atoms with van der Waals surface area (Å²) in [7, 11) is 0. The van der Waals surface area contributed by atoms with Crippen molar-refractivity contribution in [3.05, 3.63) is 48.5 Å². The molecule has 2 aromatic rings. The van der Waals surface area contributed by atoms with Crippen LogP contribution in [0.4, 0.5) is 5.69 Å². The van der Waals surface area contributed by atoms with Gasteiger partial charge in [-0.3, -0.25) is 9.59 Å². The van der Waals surface area contributed by atoms with Crippen molar-refractivity contribution in [1.29, 1.82) is 0 Å². The molecule has 0 bridgehead atoms. The average molecular weight is 338 g/mol. The van der Waals surface area contributed by atoms with Crippen molar-refractivity contribution < 1.29 is 9.59 Å². The summed E-state index contributed by atoms with van der Waals surface area (Å²) in [6.45, 7) is 1.61. The molecule has 8 heteroatoms. The number of hydrogen-bond acceptors (Lipinski definition) is 4. The number of amides is 2. The van der Waals surface area contributed by atoms with Crippen molar-refractivity contribution >= 4 is 29.9 Å². The largest absolute Gasteiger partial charge is 0.348 e. The van der Waals surface area contributed by atoms with Crippen molar-refractivity contribution in [3.63, 3.8) is 0 Å². The lowest BCUT2D eigenvalue weighted by Crippen LogP contribution is -2.49. The van der Waals surface area contributed by atoms with Gasteiger partial charge in [-0.1, -0.05) is 18.2 Å². The number of H-pyrrole nitrogens is 1. The van der Waals surface area contributed by atoms with Gasteiger partial charge < -0.3 is 21.4 Å². The molecule has 0 spiro atoms. The zero-order valence-corrected chi connectivity index (χ0v) is 13.5. The summed E-state index contributed by atoms with van der Waals surface area (Å²) in [4.78, 5) is 30.7. The van der Waals surface area contributed by atoms with Gasteiger partial charge in [0.25, 0.3) is 0 Å². The van der Waals surface area contributed by atoms with Crippen LogP contribution in [0.1, 0.15) is 12.6 Å². The van der Waals surface area contributed by atoms with Gasteiger partial charge >= 0.3 is 0 Å². The number of benzene rings is 1. The number of nitrogens with two attached hydrogens (primary N) is 1. The lowest BCUT2D eigenvalue weighted by atomic mass is 10.1. The summed E-state index contributed by atoms with van der Waals surface area (Å²) < 4.78 is 0. The number of imidazole rings is 1. The molecule has 0 radical (unpaired) electrons. The molecule has 5 N–H and O–H groups in total. The van der Waals surface area contributed by atoms with Gasteiger partial charge in [0.15, 0.2) is 0 Å². The number of halogens is 1. The molecule has 0 aliphatic rings. The Hall–Kier alpha value is -2.38. The molecule has 0 aliphatic carbocycles. The van der Waals surface area contributed by atoms with E-state index in [2.05, 4.69) is 20.6 Å². The number of rotatable bonds is 6. The Morgan fingerprint density at radius 2 is 1.96 bits per heavy atom. The molecule has 124 valence electrons. The van der Waals surface area contributed by atoms with Crippen LogP contribution in [-0.4, -0.2) is 33.9 Å². The maximum atomic E-state index is 12.0. The summed E-state index contributed by atoms with van der Waals surface area (Å²) in [6, 6.07) is 7.62. The molecule has 7 nitrogen and oxygen atoms in total. The molecule has 0 unspecified atom stereocenters. The van der Waals surface area contributed by atoms with Crippen molar-refractivity contribution in [2.24, 2.45) is 5.73 Å². The molecule has 1 aromatic heterocycles. The van der Waals surface area contributed by atoms with Crippen LogP contribution < -0.4 is 16.4 Å². The van der Waals surface area contributed by atoms with Crippen molar-refractivity contribution in [2.75, 3.05) is 5.32 Å². The molecule has 0 saturated heterocycles. The number of carbonyl (C=O) groups excluding carboxylic acids is 2. The van der Waals surface area contributed by atoms with Crippen LogP contribution in [-0.2, 0) is 16.0 Å². The fraction of sp³-hybridized carbons (Fsp3) is 0.267. The third kappa shape index (κ3) is 5.72. The van der Waals surface area contributed by atoms with Crippen molar-refractivity contribution in [2.45, 2.75) is 25.4 Å². The minimum atomic E-state index is -0.743. The van der Waals surface area contributed by atoms with Gasteiger partial charge in [-0.25, -0.2) is 4.98 Å². The van der Waals surface area contributed by atoms with Crippen LogP contribution in [0.5, 0.6) is 0 Å². The van der Waals surface area contributed by atoms with Crippen molar-refractivity contribution in [3.8, 4) is 0 Å². The van der Waals surface area contributed by atoms with Gasteiger partial charge in [-0.15, -0.1) is 12.4 Å². The van der Waals surface area contributed by atoms with Crippen LogP contribution >= 0.6 is 12.4 Å². The van der Waals surface area contributed by atoms with E-state index in [-0.39, 0.29) is 24.2 Å². The van der Waals surface area contributed by atoms with E-state index in [1.807, 2.05) is 18.2 Å². The maximum absolute atomic E-state index is 12.0. The number of hydrogen-bond donors (Lipinski definition) is 4. The molecule has 2 amide bonds. The van der Waals surface area contributed by atoms with E-state index < -0.39 is 12.1 Å². The predicted octanol–water partition coefficient (Wildman–Crippen LogP) is 0.845. The molecule has 0 fully saturated rings. The Kier molecular flexibility index (Phi) is 7.24. The normalized spacial score (nSPS) is 12.6. The Bertz CT molecular complexity index is 618. The second kappa shape index (κ2) is 8.92. The van der Waals surface area contributed by atoms with E-state index in [4.69, 9.17) is 5.73 Å². The van der Waals surface area contributed by atoms with Gasteiger partial charge in [0, 0.05) is 24.0 Å². The van der Waals surface area contributed by atoms with E-state index in [0.717, 1.165) is 5.69 Å². The van der Waals surface area contributed by atoms with Crippen LogP contribution in [0.15, 0.2) is 42.9 Å². The van der Waals surface area contributed by atoms with Gasteiger partial charge in [0.05, 0.1) is 12.4 Å². The highest BCUT2D eigenvalue weighted by atomic mass is 35.5. The Morgan fingerprint density at radius 1 is 1.26 bits per heavy atom. The number of carbonyl (C=O) groups is 2. The molecule has 1 heterocycles. The van der Waals surface area contributed by atoms with Crippen molar-refractivity contribution in [1.82, 2.24) is 15.3 Å². The minimum absolute atomic E-state index is 0. The van der Waals surface area contributed by atoms with E-state index in [1.54, 1.807) is 25.3 Å². The summed E-state index contributed by atoms with van der Waals surface area (Å²) in [5.41, 5.74) is 7.26. The molecule has 0 saturated carbocycles. The second-order valence-corrected chi connectivity index (χ2v) is 4.97. The first-order chi connectivity index (χ1) is 10.6. The highest BCUT2D eigenvalue weighted by Gasteiger charge is 2.20. The monoisotopic (exact) mass is 337 g/mol. The first kappa shape index (κ1) is 18.7. The van der Waals surface area contributed by atoms with Crippen LogP contribution in [0.2, 0.25) is 0 Å². The molecular formula is C15H20ClN5O2. The molecule has 2 atom stereocenters. The topological polar surface area (TPSA) is 113 Å². The molecule has 2 rings (SSSR count). The predicted molar refractivity (Wildman–Crippen MR) is 90.2 cm³/mol. The number of nitrogens with one attached hydrogen (secondary N) is 3. The zero-order valence-electron chi connectivity index (χ0n) is 12.7. The fourth-order valence-corrected chi connectivity index (χ4v) is 1.88. The summed E-state index contributed by atoms with van der Waals surface area (Å²) in [6.07, 6.45) is 3.47. The lowest BCUT2D eigenvalue weighted by Gasteiger charge is -2.17. The zero-order chi connectivity index (χ0) is 15.9. The molecule has 0 aliphatic heterocycles. The summed E-state index contributed by atoms with van der Waals surface area (Å²) >= 11 is 0. The number of aromatic amines is 1. The Balaban J connectivity index is 0.00000264. The second-order valence-electron chi connectivity index (χ2n) is 4.97. The SMILES string of the molecule is C[C@H](NC(=O)[C@@H](N)Cc1cnc[nH]1)C(=O)Nc1ccccc1.Cl. The van der Waals surface area contributed by atoms with E-state index in [9.17, 15) is 9.59 Å². The first-order valence-electron chi connectivity index (χ1n) is 6.95. The van der Waals surface area contributed by atoms with E-state index in [1.165, 1.54) is 6.33 Å². The van der Waals surface area contributed by atoms with Gasteiger partial charge in [-0.05, 0) is 19.1 Å². The number of anilines is 1. The van der Waals surface area contributed by atoms with E-state index >= 15 is 0 Å². The van der Waals surface area contributed by atoms with Crippen LogP contribution in [0, 0.1) is 0 Å². The highest BCUT2D eigenvalue weighted by molar-refractivity contribution is 5.97. The summed E-state index contributed by atoms with van der Waals surface area (Å²) in [5, 5.41) is 5.32. The number of nitrogens with zero attached hydrogens (tertiary/aromatic N) is 1. The third-order valence-electron chi connectivity index (χ3n) is 3.12. The van der Waals surface area contributed by atoms with Crippen LogP contribution in [0.25, 0.3) is 0 Å². The van der Waals surface area contributed by atoms with Gasteiger partial charge in [0.1, 0.15) is 6.04 Å². The average Bonchev–Trinajstić information content (AvgIpc) is 3.01. The van der Waals surface area contributed by atoms with Gasteiger partial charge in [0.2, 0.25) is 11.8 Å². The Morgan fingerprint density at radius 3 is 2.57 bits per heavy atom. The summed E-state index contributed by atoms with van der Waals surface area (Å²) in [5.74, 6) is -0.682. The quantitative estimate of drug-likeness (QED) is 0.625. The molecule has 23 heavy (non-hydrogen) atoms. The fourth-order valence-electron chi connectivity index (χ4n) is 1.88. The minimum Gasteiger partial charge on any atom is -0.348 e. The smallest absolute Gasteiger partial charge is 0.246 e. The van der Waals surface area contributed by atoms with E-state index in [0.29, 0.717) is 12.1 Å². The van der Waals surface area contributed by atoms with Gasteiger partial charge in [-0.2, -0.15) is 0 Å². The maximum Gasteiger partial charge on any atom is 0.246 e. The number of aromatic nitrogens is 2. The highest BCUT2D eigenvalue weighted by Crippen LogP contribution is 2.05. The molecule has 1 aromatic carbocycles. The Labute approximate surface area is 140 Å². The third-order valence-corrected chi connectivity index (χ3v) is 3.12. The lowest BCUT2D eigenvalue weighted by molar-refractivity contribution is -0.127. The molecular weight excluding hydrogens is 318 g/mol. The van der Waals surface area contributed by atoms with Crippen LogP contribution in [0.3, 0.4) is 0 Å². The first-order valence-corrected chi connectivity index (χ1v) is 6.95. The standard InChI is InChI=1S/C15H19N5O2.ClH/c1-10(14(21)20-11-5-3-2-4-6-11)19-15(22)13(16)7-12-8-17-9-18-12;/h2-6,8-10,13H,7,16H2,1H3,(H,17,18)(H,19,22)(H,20,21);1H/t10-,13-;/m0./s1.